The van der Waals surface area contributed by atoms with Crippen molar-refractivity contribution in [1.29, 1.82) is 0 Å². The maximum Gasteiger partial charge on any atom is 0.307 e. The van der Waals surface area contributed by atoms with Crippen molar-refractivity contribution in [1.82, 2.24) is 0 Å². The van der Waals surface area contributed by atoms with Crippen LogP contribution in [-0.2, 0) is 9.53 Å². The van der Waals surface area contributed by atoms with E-state index in [9.17, 15) is 4.79 Å². The topological polar surface area (TPSA) is 46.5 Å². The van der Waals surface area contributed by atoms with Crippen LogP contribution >= 0.6 is 11.6 Å². The van der Waals surface area contributed by atoms with E-state index < -0.39 is 6.10 Å². The van der Waals surface area contributed by atoms with Crippen LogP contribution in [-0.4, -0.2) is 29.7 Å². The van der Waals surface area contributed by atoms with Crippen molar-refractivity contribution in [2.45, 2.75) is 19.4 Å². The van der Waals surface area contributed by atoms with Gasteiger partial charge in [-0.15, -0.1) is 11.6 Å². The average Bonchev–Trinajstić information content (AvgIpc) is 1.85. The van der Waals surface area contributed by atoms with E-state index in [-0.39, 0.29) is 24.9 Å². The molecule has 0 bridgehead atoms. The maximum atomic E-state index is 10.5. The summed E-state index contributed by atoms with van der Waals surface area (Å²) in [6, 6.07) is 0. The molecule has 0 aliphatic carbocycles. The molecular formula is C6H11ClO3. The highest BCUT2D eigenvalue weighted by molar-refractivity contribution is 6.18. The summed E-state index contributed by atoms with van der Waals surface area (Å²) in [6.07, 6.45) is -0.395. The Morgan fingerprint density at radius 1 is 1.80 bits per heavy atom. The molecule has 0 aliphatic rings. The summed E-state index contributed by atoms with van der Waals surface area (Å²) in [6.45, 7) is 1.60. The Bertz CT molecular complexity index is 103. The average molecular weight is 167 g/mol. The van der Waals surface area contributed by atoms with Gasteiger partial charge in [0.25, 0.3) is 0 Å². The first kappa shape index (κ1) is 9.72. The lowest BCUT2D eigenvalue weighted by molar-refractivity contribution is -0.145. The predicted octanol–water partition coefficient (Wildman–Crippen LogP) is 0.539. The number of esters is 1. The van der Waals surface area contributed by atoms with E-state index in [2.05, 4.69) is 4.74 Å². The van der Waals surface area contributed by atoms with Crippen molar-refractivity contribution in [3.05, 3.63) is 0 Å². The molecule has 1 atom stereocenters. The summed E-state index contributed by atoms with van der Waals surface area (Å²) >= 11 is 5.25. The molecule has 3 nitrogen and oxygen atoms in total. The first-order valence-electron chi connectivity index (χ1n) is 3.06. The van der Waals surface area contributed by atoms with E-state index >= 15 is 0 Å². The fraction of sp³-hybridized carbons (Fsp3) is 0.833. The van der Waals surface area contributed by atoms with E-state index in [0.717, 1.165) is 0 Å². The molecular weight excluding hydrogens is 156 g/mol. The van der Waals surface area contributed by atoms with Crippen LogP contribution in [0.4, 0.5) is 0 Å². The second-order valence-corrected chi connectivity index (χ2v) is 2.35. The first-order valence-corrected chi connectivity index (χ1v) is 3.60. The largest absolute Gasteiger partial charge is 0.463 e. The number of hydrogen-bond acceptors (Lipinski definition) is 3. The summed E-state index contributed by atoms with van der Waals surface area (Å²) in [5.41, 5.74) is 0. The SMILES string of the molecule is CC(O)COC(=O)CCCl. The smallest absolute Gasteiger partial charge is 0.307 e. The summed E-state index contributed by atoms with van der Waals surface area (Å²) in [4.78, 5) is 10.5. The number of hydrogen-bond donors (Lipinski definition) is 1. The van der Waals surface area contributed by atoms with Crippen molar-refractivity contribution < 1.29 is 14.6 Å². The number of halogens is 1. The number of aliphatic hydroxyl groups excluding tert-OH is 1. The van der Waals surface area contributed by atoms with Gasteiger partial charge in [0.15, 0.2) is 0 Å². The van der Waals surface area contributed by atoms with Gasteiger partial charge in [0.1, 0.15) is 6.61 Å². The lowest BCUT2D eigenvalue weighted by Crippen LogP contribution is -2.15. The summed E-state index contributed by atoms with van der Waals surface area (Å²) in [5, 5.41) is 8.66. The van der Waals surface area contributed by atoms with Crippen LogP contribution in [0.2, 0.25) is 0 Å². The highest BCUT2D eigenvalue weighted by Gasteiger charge is 2.02. The number of aliphatic hydroxyl groups is 1. The van der Waals surface area contributed by atoms with Gasteiger partial charge in [-0.1, -0.05) is 0 Å². The zero-order valence-corrected chi connectivity index (χ0v) is 6.60. The highest BCUT2D eigenvalue weighted by atomic mass is 35.5. The quantitative estimate of drug-likeness (QED) is 0.490. The molecule has 4 heteroatoms. The Kier molecular flexibility index (Phi) is 5.35. The van der Waals surface area contributed by atoms with E-state index in [1.54, 1.807) is 6.92 Å². The Morgan fingerprint density at radius 2 is 2.40 bits per heavy atom. The van der Waals surface area contributed by atoms with Gasteiger partial charge in [0, 0.05) is 5.88 Å². The number of alkyl halides is 1. The number of ether oxygens (including phenoxy) is 1. The number of rotatable bonds is 4. The van der Waals surface area contributed by atoms with Crippen LogP contribution in [0.1, 0.15) is 13.3 Å². The van der Waals surface area contributed by atoms with Crippen LogP contribution in [0.25, 0.3) is 0 Å². The summed E-state index contributed by atoms with van der Waals surface area (Å²) in [5.74, 6) is -0.102. The van der Waals surface area contributed by atoms with Gasteiger partial charge in [-0.2, -0.15) is 0 Å². The van der Waals surface area contributed by atoms with E-state index in [1.807, 2.05) is 0 Å². The highest BCUT2D eigenvalue weighted by Crippen LogP contribution is 1.90. The van der Waals surface area contributed by atoms with Gasteiger partial charge < -0.3 is 9.84 Å². The van der Waals surface area contributed by atoms with Crippen LogP contribution in [0.5, 0.6) is 0 Å². The van der Waals surface area contributed by atoms with Crippen LogP contribution in [0, 0.1) is 0 Å². The van der Waals surface area contributed by atoms with Crippen molar-refractivity contribution in [3.63, 3.8) is 0 Å². The molecule has 0 heterocycles. The van der Waals surface area contributed by atoms with Crippen molar-refractivity contribution in [3.8, 4) is 0 Å². The third kappa shape index (κ3) is 5.85. The minimum Gasteiger partial charge on any atom is -0.463 e. The van der Waals surface area contributed by atoms with E-state index in [0.29, 0.717) is 0 Å². The molecule has 1 N–H and O–H groups in total. The molecule has 60 valence electrons. The van der Waals surface area contributed by atoms with Crippen LogP contribution in [0.3, 0.4) is 0 Å². The van der Waals surface area contributed by atoms with Gasteiger partial charge >= 0.3 is 5.97 Å². The molecule has 0 fully saturated rings. The third-order valence-corrected chi connectivity index (χ3v) is 0.973. The van der Waals surface area contributed by atoms with Crippen LogP contribution < -0.4 is 0 Å². The molecule has 0 amide bonds. The van der Waals surface area contributed by atoms with Crippen LogP contribution in [0.15, 0.2) is 0 Å². The van der Waals surface area contributed by atoms with E-state index in [4.69, 9.17) is 16.7 Å². The summed E-state index contributed by atoms with van der Waals surface area (Å²) < 4.78 is 4.57. The van der Waals surface area contributed by atoms with Gasteiger partial charge in [-0.25, -0.2) is 0 Å². The molecule has 0 aromatic rings. The van der Waals surface area contributed by atoms with Gasteiger partial charge in [-0.05, 0) is 6.92 Å². The van der Waals surface area contributed by atoms with Gasteiger partial charge in [-0.3, -0.25) is 4.79 Å². The molecule has 0 saturated heterocycles. The standard InChI is InChI=1S/C6H11ClO3/c1-5(8)4-10-6(9)2-3-7/h5,8H,2-4H2,1H3. The molecule has 0 rings (SSSR count). The maximum absolute atomic E-state index is 10.5. The number of carbonyl (C=O) groups excluding carboxylic acids is 1. The molecule has 10 heavy (non-hydrogen) atoms. The molecule has 0 aliphatic heterocycles. The second-order valence-electron chi connectivity index (χ2n) is 1.97. The van der Waals surface area contributed by atoms with Crippen molar-refractivity contribution in [2.24, 2.45) is 0 Å². The van der Waals surface area contributed by atoms with Crippen molar-refractivity contribution >= 4 is 17.6 Å². The Morgan fingerprint density at radius 3 is 2.80 bits per heavy atom. The summed E-state index contributed by atoms with van der Waals surface area (Å²) in [7, 11) is 0. The zero-order valence-electron chi connectivity index (χ0n) is 5.84. The first-order chi connectivity index (χ1) is 4.66. The second kappa shape index (κ2) is 5.50. The zero-order chi connectivity index (χ0) is 7.98. The van der Waals surface area contributed by atoms with Gasteiger partial charge in [0.05, 0.1) is 12.5 Å². The Hall–Kier alpha value is -0.280. The minimum absolute atomic E-state index is 0.0513. The lowest BCUT2D eigenvalue weighted by Gasteiger charge is -2.04. The fourth-order valence-corrected chi connectivity index (χ4v) is 0.517. The molecule has 0 aromatic heterocycles. The third-order valence-electron chi connectivity index (χ3n) is 0.784. The van der Waals surface area contributed by atoms with Gasteiger partial charge in [0.2, 0.25) is 0 Å². The lowest BCUT2D eigenvalue weighted by atomic mass is 10.4. The molecule has 0 radical (unpaired) electrons. The minimum atomic E-state index is -0.598. The van der Waals surface area contributed by atoms with Crippen molar-refractivity contribution in [2.75, 3.05) is 12.5 Å². The Balaban J connectivity index is 3.22. The molecule has 0 saturated carbocycles. The molecule has 0 spiro atoms. The fourth-order valence-electron chi connectivity index (χ4n) is 0.363. The Labute approximate surface area is 64.9 Å². The predicted molar refractivity (Wildman–Crippen MR) is 38.0 cm³/mol. The number of carbonyl (C=O) groups is 1. The monoisotopic (exact) mass is 166 g/mol. The molecule has 1 unspecified atom stereocenters. The van der Waals surface area contributed by atoms with E-state index in [1.165, 1.54) is 0 Å². The molecule has 0 aromatic carbocycles. The normalized spacial score (nSPS) is 12.7.